The molecule has 1 saturated heterocycles. The molecule has 4 heteroatoms. The lowest BCUT2D eigenvalue weighted by atomic mass is 9.91. The van der Waals surface area contributed by atoms with E-state index < -0.39 is 0 Å². The predicted molar refractivity (Wildman–Crippen MR) is 88.7 cm³/mol. The van der Waals surface area contributed by atoms with Crippen LogP contribution >= 0.6 is 0 Å². The van der Waals surface area contributed by atoms with Crippen LogP contribution in [0, 0.1) is 0 Å². The van der Waals surface area contributed by atoms with Crippen LogP contribution < -0.4 is 5.32 Å². The van der Waals surface area contributed by atoms with Gasteiger partial charge in [0.2, 0.25) is 0 Å². The van der Waals surface area contributed by atoms with Crippen LogP contribution in [0.5, 0.6) is 0 Å². The molecule has 1 aliphatic carbocycles. The molecule has 0 spiro atoms. The Kier molecular flexibility index (Phi) is 6.93. The first-order chi connectivity index (χ1) is 10.2. The molecule has 21 heavy (non-hydrogen) atoms. The fraction of sp³-hybridized carbons (Fsp3) is 1.00. The van der Waals surface area contributed by atoms with E-state index >= 15 is 0 Å². The van der Waals surface area contributed by atoms with Crippen LogP contribution in [0.1, 0.15) is 52.4 Å². The first-order valence-electron chi connectivity index (χ1n) is 9.04. The van der Waals surface area contributed by atoms with Crippen molar-refractivity contribution in [1.82, 2.24) is 15.1 Å². The minimum absolute atomic E-state index is 0.0226. The Morgan fingerprint density at radius 1 is 1.05 bits per heavy atom. The Morgan fingerprint density at radius 2 is 1.67 bits per heavy atom. The minimum Gasteiger partial charge on any atom is -0.394 e. The van der Waals surface area contributed by atoms with E-state index in [2.05, 4.69) is 29.0 Å². The third-order valence-corrected chi connectivity index (χ3v) is 5.20. The molecule has 0 aromatic carbocycles. The van der Waals surface area contributed by atoms with Crippen LogP contribution in [0.15, 0.2) is 0 Å². The van der Waals surface area contributed by atoms with Gasteiger partial charge in [0.05, 0.1) is 6.61 Å². The average Bonchev–Trinajstić information content (AvgIpc) is 3.32. The van der Waals surface area contributed by atoms with Crippen LogP contribution in [-0.2, 0) is 0 Å². The highest BCUT2D eigenvalue weighted by Crippen LogP contribution is 2.26. The van der Waals surface area contributed by atoms with Crippen LogP contribution in [-0.4, -0.2) is 72.4 Å². The van der Waals surface area contributed by atoms with Gasteiger partial charge in [-0.15, -0.1) is 0 Å². The van der Waals surface area contributed by atoms with Gasteiger partial charge in [-0.2, -0.15) is 0 Å². The van der Waals surface area contributed by atoms with Gasteiger partial charge in [-0.1, -0.05) is 13.8 Å². The molecule has 2 aliphatic rings. The van der Waals surface area contributed by atoms with E-state index in [9.17, 15) is 5.11 Å². The van der Waals surface area contributed by atoms with Crippen LogP contribution in [0.3, 0.4) is 0 Å². The Balaban J connectivity index is 1.65. The summed E-state index contributed by atoms with van der Waals surface area (Å²) >= 11 is 0. The number of hydrogen-bond donors (Lipinski definition) is 2. The molecule has 2 rings (SSSR count). The van der Waals surface area contributed by atoms with Crippen LogP contribution in [0.2, 0.25) is 0 Å². The van der Waals surface area contributed by atoms with Crippen molar-refractivity contribution in [2.24, 2.45) is 0 Å². The summed E-state index contributed by atoms with van der Waals surface area (Å²) in [4.78, 5) is 5.18. The maximum absolute atomic E-state index is 9.80. The number of aliphatic hydroxyl groups excluding tert-OH is 1. The van der Waals surface area contributed by atoms with Crippen molar-refractivity contribution in [3.8, 4) is 0 Å². The molecule has 0 amide bonds. The van der Waals surface area contributed by atoms with Gasteiger partial charge in [-0.25, -0.2) is 0 Å². The Bertz CT molecular complexity index is 282. The summed E-state index contributed by atoms with van der Waals surface area (Å²) in [6.07, 6.45) is 7.18. The van der Waals surface area contributed by atoms with Crippen molar-refractivity contribution in [2.75, 3.05) is 45.9 Å². The number of piperazine rings is 1. The monoisotopic (exact) mass is 297 g/mol. The first-order valence-corrected chi connectivity index (χ1v) is 9.04. The standard InChI is InChI=1S/C17H35N3O/c1-3-9-19-11-13-20(14-12-19)10-5-8-17(4-2,15-21)18-16-6-7-16/h16,18,21H,3-15H2,1-2H3. The molecule has 4 nitrogen and oxygen atoms in total. The molecule has 0 bridgehead atoms. The fourth-order valence-corrected chi connectivity index (χ4v) is 3.44. The van der Waals surface area contributed by atoms with E-state index in [-0.39, 0.29) is 12.1 Å². The van der Waals surface area contributed by atoms with Gasteiger partial charge in [-0.05, 0) is 51.6 Å². The van der Waals surface area contributed by atoms with E-state index in [1.807, 2.05) is 0 Å². The second-order valence-corrected chi connectivity index (χ2v) is 7.00. The zero-order valence-electron chi connectivity index (χ0n) is 14.1. The SMILES string of the molecule is CCCN1CCN(CCCC(CC)(CO)NC2CC2)CC1. The van der Waals surface area contributed by atoms with Gasteiger partial charge in [-0.3, -0.25) is 0 Å². The summed E-state index contributed by atoms with van der Waals surface area (Å²) in [7, 11) is 0. The van der Waals surface area contributed by atoms with Gasteiger partial charge in [0.1, 0.15) is 0 Å². The number of nitrogens with one attached hydrogen (secondary N) is 1. The lowest BCUT2D eigenvalue weighted by molar-refractivity contribution is 0.114. The number of nitrogens with zero attached hydrogens (tertiary/aromatic N) is 2. The van der Waals surface area contributed by atoms with Crippen molar-refractivity contribution in [3.63, 3.8) is 0 Å². The topological polar surface area (TPSA) is 38.7 Å². The predicted octanol–water partition coefficient (Wildman–Crippen LogP) is 1.69. The molecule has 124 valence electrons. The number of hydrogen-bond acceptors (Lipinski definition) is 4. The highest BCUT2D eigenvalue weighted by atomic mass is 16.3. The quantitative estimate of drug-likeness (QED) is 0.644. The second kappa shape index (κ2) is 8.47. The molecular weight excluding hydrogens is 262 g/mol. The summed E-state index contributed by atoms with van der Waals surface area (Å²) in [5.74, 6) is 0. The van der Waals surface area contributed by atoms with Crippen LogP contribution in [0.25, 0.3) is 0 Å². The lowest BCUT2D eigenvalue weighted by Gasteiger charge is -2.36. The van der Waals surface area contributed by atoms with Gasteiger partial charge >= 0.3 is 0 Å². The van der Waals surface area contributed by atoms with Crippen LogP contribution in [0.4, 0.5) is 0 Å². The third kappa shape index (κ3) is 5.51. The number of rotatable bonds is 10. The van der Waals surface area contributed by atoms with Gasteiger partial charge in [0, 0.05) is 37.8 Å². The van der Waals surface area contributed by atoms with Gasteiger partial charge in [0.15, 0.2) is 0 Å². The molecule has 2 N–H and O–H groups in total. The van der Waals surface area contributed by atoms with E-state index in [0.717, 1.165) is 12.8 Å². The van der Waals surface area contributed by atoms with E-state index in [1.165, 1.54) is 65.0 Å². The molecule has 1 aliphatic heterocycles. The molecule has 0 radical (unpaired) electrons. The molecule has 2 fully saturated rings. The molecule has 1 saturated carbocycles. The molecule has 1 heterocycles. The van der Waals surface area contributed by atoms with Gasteiger partial charge < -0.3 is 20.2 Å². The Hall–Kier alpha value is -0.160. The fourth-order valence-electron chi connectivity index (χ4n) is 3.44. The summed E-state index contributed by atoms with van der Waals surface area (Å²) < 4.78 is 0. The highest BCUT2D eigenvalue weighted by molar-refractivity contribution is 4.94. The summed E-state index contributed by atoms with van der Waals surface area (Å²) in [6, 6.07) is 0.676. The summed E-state index contributed by atoms with van der Waals surface area (Å²) in [6.45, 7) is 12.1. The Labute approximate surface area is 130 Å². The van der Waals surface area contributed by atoms with E-state index in [0.29, 0.717) is 6.04 Å². The van der Waals surface area contributed by atoms with Crippen molar-refractivity contribution >= 4 is 0 Å². The number of aliphatic hydroxyl groups is 1. The highest BCUT2D eigenvalue weighted by Gasteiger charge is 2.34. The summed E-state index contributed by atoms with van der Waals surface area (Å²) in [5, 5.41) is 13.5. The zero-order valence-corrected chi connectivity index (χ0v) is 14.1. The zero-order chi connectivity index (χ0) is 15.1. The van der Waals surface area contributed by atoms with Crippen molar-refractivity contribution in [2.45, 2.75) is 64.0 Å². The van der Waals surface area contributed by atoms with Gasteiger partial charge in [0.25, 0.3) is 0 Å². The molecule has 1 atom stereocenters. The smallest absolute Gasteiger partial charge is 0.0613 e. The average molecular weight is 297 g/mol. The van der Waals surface area contributed by atoms with E-state index in [1.54, 1.807) is 0 Å². The second-order valence-electron chi connectivity index (χ2n) is 7.00. The molecule has 0 aromatic rings. The van der Waals surface area contributed by atoms with Crippen molar-refractivity contribution in [3.05, 3.63) is 0 Å². The maximum atomic E-state index is 9.80. The van der Waals surface area contributed by atoms with Crippen molar-refractivity contribution < 1.29 is 5.11 Å². The molecular formula is C17H35N3O. The Morgan fingerprint density at radius 3 is 2.14 bits per heavy atom. The maximum Gasteiger partial charge on any atom is 0.0613 e. The normalized spacial score (nSPS) is 24.1. The third-order valence-electron chi connectivity index (χ3n) is 5.20. The lowest BCUT2D eigenvalue weighted by Crippen LogP contribution is -2.50. The molecule has 1 unspecified atom stereocenters. The van der Waals surface area contributed by atoms with Crippen molar-refractivity contribution in [1.29, 1.82) is 0 Å². The summed E-state index contributed by atoms with van der Waals surface area (Å²) in [5.41, 5.74) is -0.0226. The largest absolute Gasteiger partial charge is 0.394 e. The van der Waals surface area contributed by atoms with E-state index in [4.69, 9.17) is 0 Å². The first kappa shape index (κ1) is 17.2. The minimum atomic E-state index is -0.0226. The molecule has 0 aromatic heterocycles.